The van der Waals surface area contributed by atoms with E-state index >= 15 is 0 Å². The van der Waals surface area contributed by atoms with Gasteiger partial charge in [-0.25, -0.2) is 4.79 Å². The fraction of sp³-hybridized carbons (Fsp3) is 0.550. The number of aromatic nitrogens is 1. The Hall–Kier alpha value is -3.09. The maximum atomic E-state index is 12.9. The Morgan fingerprint density at radius 2 is 1.91 bits per heavy atom. The predicted octanol–water partition coefficient (Wildman–Crippen LogP) is 9.04. The van der Waals surface area contributed by atoms with Gasteiger partial charge in [-0.2, -0.15) is 0 Å². The zero-order valence-corrected chi connectivity index (χ0v) is 29.4. The molecule has 1 aromatic heterocycles. The number of halogens is 1. The van der Waals surface area contributed by atoms with Crippen LogP contribution in [0.4, 0.5) is 5.69 Å². The van der Waals surface area contributed by atoms with Crippen LogP contribution >= 0.6 is 11.6 Å². The number of hydrogen-bond donors (Lipinski definition) is 2. The van der Waals surface area contributed by atoms with E-state index in [1.54, 1.807) is 0 Å². The molecule has 7 heteroatoms. The third kappa shape index (κ3) is 6.91. The minimum absolute atomic E-state index is 0.0534. The van der Waals surface area contributed by atoms with Crippen molar-refractivity contribution in [1.29, 1.82) is 0 Å². The number of carbonyl (C=O) groups is 1. The molecule has 2 N–H and O–H groups in total. The largest absolute Gasteiger partial charge is 0.493 e. The minimum atomic E-state index is -1.02. The van der Waals surface area contributed by atoms with Crippen molar-refractivity contribution in [2.75, 3.05) is 25.0 Å². The number of pyridine rings is 1. The van der Waals surface area contributed by atoms with Gasteiger partial charge in [0.15, 0.2) is 0 Å². The summed E-state index contributed by atoms with van der Waals surface area (Å²) in [5.74, 6) is 1.50. The van der Waals surface area contributed by atoms with E-state index in [0.717, 1.165) is 63.2 Å². The number of nitrogens with one attached hydrogen (secondary N) is 1. The number of aliphatic carboxylic acids is 1. The Balaban J connectivity index is 1.25. The Labute approximate surface area is 286 Å². The zero-order valence-electron chi connectivity index (χ0n) is 28.7. The standard InChI is InChI=1S/C40H52ClN3O3/c1-5-44(6-2)25-29-13-14-30-23-31(21-27(3)26-47-36-15-20-42-35-12-7-9-28(4)37(35)36)39(34(30)22-29)16-18-40(19-17-39,38(45)46)43-33-11-8-10-32(41)24-33/h8,10-11,13-15,20,22,24,27-28,31,43H,5-7,9,12,16-19,21,23,25-26H2,1-4H3,(H,45,46)/t27-,28-,31+,39?,40?/m1/s1. The third-order valence-corrected chi connectivity index (χ3v) is 11.9. The summed E-state index contributed by atoms with van der Waals surface area (Å²) in [5, 5.41) is 14.6. The molecule has 0 saturated heterocycles. The molecule has 1 spiro atoms. The van der Waals surface area contributed by atoms with Crippen molar-refractivity contribution in [1.82, 2.24) is 9.88 Å². The van der Waals surface area contributed by atoms with E-state index in [1.165, 1.54) is 40.8 Å². The summed E-state index contributed by atoms with van der Waals surface area (Å²) >= 11 is 6.28. The lowest BCUT2D eigenvalue weighted by Crippen LogP contribution is -2.53. The van der Waals surface area contributed by atoms with Crippen molar-refractivity contribution >= 4 is 23.3 Å². The van der Waals surface area contributed by atoms with E-state index in [4.69, 9.17) is 16.3 Å². The van der Waals surface area contributed by atoms with Gasteiger partial charge in [0, 0.05) is 34.7 Å². The molecule has 252 valence electrons. The van der Waals surface area contributed by atoms with Crippen molar-refractivity contribution in [2.45, 2.75) is 109 Å². The molecule has 6 rings (SSSR count). The van der Waals surface area contributed by atoms with Crippen molar-refractivity contribution in [3.05, 3.63) is 87.7 Å². The fourth-order valence-electron chi connectivity index (χ4n) is 8.95. The number of hydrogen-bond acceptors (Lipinski definition) is 5. The molecule has 0 aliphatic heterocycles. The van der Waals surface area contributed by atoms with Gasteiger partial charge in [-0.05, 0) is 135 Å². The number of ether oxygens (including phenoxy) is 1. The van der Waals surface area contributed by atoms with Crippen LogP contribution < -0.4 is 10.1 Å². The van der Waals surface area contributed by atoms with Crippen molar-refractivity contribution in [2.24, 2.45) is 11.8 Å². The number of fused-ring (bicyclic) bond motifs is 3. The second-order valence-electron chi connectivity index (χ2n) is 14.6. The van der Waals surface area contributed by atoms with Gasteiger partial charge in [0.05, 0.1) is 6.61 Å². The first-order valence-electron chi connectivity index (χ1n) is 17.9. The predicted molar refractivity (Wildman–Crippen MR) is 191 cm³/mol. The van der Waals surface area contributed by atoms with Gasteiger partial charge in [0.1, 0.15) is 11.3 Å². The van der Waals surface area contributed by atoms with E-state index in [0.29, 0.717) is 42.2 Å². The first kappa shape index (κ1) is 33.8. The van der Waals surface area contributed by atoms with Crippen LogP contribution in [0.1, 0.15) is 107 Å². The van der Waals surface area contributed by atoms with Gasteiger partial charge in [-0.15, -0.1) is 0 Å². The van der Waals surface area contributed by atoms with Crippen LogP contribution in [0.2, 0.25) is 5.02 Å². The number of carboxylic acids is 1. The highest BCUT2D eigenvalue weighted by molar-refractivity contribution is 6.30. The minimum Gasteiger partial charge on any atom is -0.493 e. The molecule has 3 aliphatic carbocycles. The highest BCUT2D eigenvalue weighted by Crippen LogP contribution is 2.56. The number of benzene rings is 2. The monoisotopic (exact) mass is 657 g/mol. The van der Waals surface area contributed by atoms with Gasteiger partial charge >= 0.3 is 5.97 Å². The molecule has 1 saturated carbocycles. The van der Waals surface area contributed by atoms with Crippen molar-refractivity contribution in [3.63, 3.8) is 0 Å². The zero-order chi connectivity index (χ0) is 33.2. The first-order valence-corrected chi connectivity index (χ1v) is 18.3. The normalized spacial score (nSPS) is 25.7. The number of anilines is 1. The third-order valence-electron chi connectivity index (χ3n) is 11.7. The van der Waals surface area contributed by atoms with Crippen LogP contribution in [0.5, 0.6) is 5.75 Å². The van der Waals surface area contributed by atoms with Crippen molar-refractivity contribution < 1.29 is 14.6 Å². The lowest BCUT2D eigenvalue weighted by atomic mass is 9.59. The molecule has 0 amide bonds. The van der Waals surface area contributed by atoms with Gasteiger partial charge in [-0.1, -0.05) is 63.6 Å². The molecular formula is C40H52ClN3O3. The lowest BCUT2D eigenvalue weighted by Gasteiger charge is -2.47. The summed E-state index contributed by atoms with van der Waals surface area (Å²) in [4.78, 5) is 20.1. The molecule has 1 fully saturated rings. The second-order valence-corrected chi connectivity index (χ2v) is 15.1. The number of rotatable bonds is 12. The molecule has 47 heavy (non-hydrogen) atoms. The molecule has 6 nitrogen and oxygen atoms in total. The van der Waals surface area contributed by atoms with E-state index in [1.807, 2.05) is 30.5 Å². The maximum absolute atomic E-state index is 12.9. The molecule has 1 heterocycles. The van der Waals surface area contributed by atoms with Gasteiger partial charge in [-0.3, -0.25) is 9.88 Å². The fourth-order valence-corrected chi connectivity index (χ4v) is 9.14. The van der Waals surface area contributed by atoms with E-state index in [-0.39, 0.29) is 5.41 Å². The molecular weight excluding hydrogens is 606 g/mol. The molecule has 3 aromatic rings. The molecule has 3 aliphatic rings. The Kier molecular flexibility index (Phi) is 10.2. The van der Waals surface area contributed by atoms with Gasteiger partial charge in [0.2, 0.25) is 0 Å². The highest BCUT2D eigenvalue weighted by atomic mass is 35.5. The van der Waals surface area contributed by atoms with Crippen LogP contribution in [-0.4, -0.2) is 46.2 Å². The molecule has 0 radical (unpaired) electrons. The summed E-state index contributed by atoms with van der Waals surface area (Å²) < 4.78 is 6.58. The van der Waals surface area contributed by atoms with Crippen LogP contribution in [0.15, 0.2) is 54.7 Å². The van der Waals surface area contributed by atoms with Crippen LogP contribution in [-0.2, 0) is 29.6 Å². The number of nitrogens with zero attached hydrogens (tertiary/aromatic N) is 2. The summed E-state index contributed by atoms with van der Waals surface area (Å²) in [7, 11) is 0. The number of aryl methyl sites for hydroxylation is 1. The van der Waals surface area contributed by atoms with Crippen LogP contribution in [0, 0.1) is 11.8 Å². The highest BCUT2D eigenvalue weighted by Gasteiger charge is 2.54. The maximum Gasteiger partial charge on any atom is 0.329 e. The van der Waals surface area contributed by atoms with Crippen molar-refractivity contribution in [3.8, 4) is 5.75 Å². The average Bonchev–Trinajstić information content (AvgIpc) is 3.35. The van der Waals surface area contributed by atoms with Gasteiger partial charge < -0.3 is 15.2 Å². The Morgan fingerprint density at radius 3 is 2.64 bits per heavy atom. The summed E-state index contributed by atoms with van der Waals surface area (Å²) in [6, 6.07) is 16.6. The molecule has 3 atom stereocenters. The Morgan fingerprint density at radius 1 is 1.13 bits per heavy atom. The van der Waals surface area contributed by atoms with Gasteiger partial charge in [0.25, 0.3) is 0 Å². The SMILES string of the molecule is CCN(CC)Cc1ccc2c(c1)C1(CCC(Nc3cccc(Cl)c3)(C(=O)O)CC1)[C@@H](C[C@@H](C)COc1ccnc3c1[C@H](C)CCC3)C2. The second kappa shape index (κ2) is 14.2. The molecule has 0 bridgehead atoms. The van der Waals surface area contributed by atoms with E-state index in [2.05, 4.69) is 67.2 Å². The number of carboxylic acid groups (broad SMARTS) is 1. The lowest BCUT2D eigenvalue weighted by molar-refractivity contribution is -0.144. The Bertz CT molecular complexity index is 1560. The summed E-state index contributed by atoms with van der Waals surface area (Å²) in [6.45, 7) is 12.7. The summed E-state index contributed by atoms with van der Waals surface area (Å²) in [6.07, 6.45) is 10.2. The topological polar surface area (TPSA) is 74.7 Å². The molecule has 2 aromatic carbocycles. The first-order chi connectivity index (χ1) is 22.7. The summed E-state index contributed by atoms with van der Waals surface area (Å²) in [5.41, 5.74) is 6.45. The van der Waals surface area contributed by atoms with Crippen LogP contribution in [0.3, 0.4) is 0 Å². The average molecular weight is 658 g/mol. The van der Waals surface area contributed by atoms with Crippen LogP contribution in [0.25, 0.3) is 0 Å². The van der Waals surface area contributed by atoms with E-state index in [9.17, 15) is 9.90 Å². The smallest absolute Gasteiger partial charge is 0.329 e. The quantitative estimate of drug-likeness (QED) is 0.202. The van der Waals surface area contributed by atoms with E-state index < -0.39 is 11.5 Å². The molecule has 0 unspecified atom stereocenters.